The molecule has 9 heteroatoms. The number of carbonyl (C=O) groups is 1. The Morgan fingerprint density at radius 2 is 2.03 bits per heavy atom. The maximum absolute atomic E-state index is 12.7. The fourth-order valence-electron chi connectivity index (χ4n) is 3.19. The molecular weight excluding hydrogens is 402 g/mol. The SMILES string of the molecule is COc1ccc(-c2cc3nn(CC(=O)NCCc4cccs4)c(=O)n3c(C)n2)cc1. The summed E-state index contributed by atoms with van der Waals surface area (Å²) in [6.45, 7) is 2.13. The number of hydrogen-bond donors (Lipinski definition) is 1. The Kier molecular flexibility index (Phi) is 5.62. The molecule has 3 heterocycles. The van der Waals surface area contributed by atoms with E-state index < -0.39 is 0 Å². The van der Waals surface area contributed by atoms with E-state index in [4.69, 9.17) is 4.74 Å². The predicted molar refractivity (Wildman–Crippen MR) is 115 cm³/mol. The zero-order chi connectivity index (χ0) is 21.1. The number of benzene rings is 1. The summed E-state index contributed by atoms with van der Waals surface area (Å²) in [6.07, 6.45) is 0.762. The minimum Gasteiger partial charge on any atom is -0.497 e. The van der Waals surface area contributed by atoms with E-state index in [-0.39, 0.29) is 18.1 Å². The molecule has 0 saturated heterocycles. The first-order valence-electron chi connectivity index (χ1n) is 9.46. The summed E-state index contributed by atoms with van der Waals surface area (Å²) >= 11 is 1.65. The summed E-state index contributed by atoms with van der Waals surface area (Å²) in [5.74, 6) is 1.01. The molecule has 1 N–H and O–H groups in total. The van der Waals surface area contributed by atoms with Gasteiger partial charge in [-0.05, 0) is 49.1 Å². The topological polar surface area (TPSA) is 90.5 Å². The maximum atomic E-state index is 12.7. The number of amides is 1. The number of nitrogens with one attached hydrogen (secondary N) is 1. The fraction of sp³-hybridized carbons (Fsp3) is 0.238. The molecule has 3 aromatic heterocycles. The van der Waals surface area contributed by atoms with Crippen molar-refractivity contribution >= 4 is 22.9 Å². The molecule has 8 nitrogen and oxygen atoms in total. The first-order valence-corrected chi connectivity index (χ1v) is 10.3. The van der Waals surface area contributed by atoms with E-state index in [1.54, 1.807) is 31.4 Å². The highest BCUT2D eigenvalue weighted by Crippen LogP contribution is 2.21. The summed E-state index contributed by atoms with van der Waals surface area (Å²) < 4.78 is 7.76. The van der Waals surface area contributed by atoms with Gasteiger partial charge in [0.15, 0.2) is 5.65 Å². The summed E-state index contributed by atoms with van der Waals surface area (Å²) in [6, 6.07) is 13.2. The van der Waals surface area contributed by atoms with Crippen LogP contribution in [0.4, 0.5) is 0 Å². The van der Waals surface area contributed by atoms with Gasteiger partial charge in [-0.25, -0.2) is 18.9 Å². The molecule has 0 aliphatic rings. The second-order valence-electron chi connectivity index (χ2n) is 6.73. The molecule has 0 radical (unpaired) electrons. The van der Waals surface area contributed by atoms with Crippen molar-refractivity contribution in [2.75, 3.05) is 13.7 Å². The van der Waals surface area contributed by atoms with Gasteiger partial charge in [-0.1, -0.05) is 6.07 Å². The average Bonchev–Trinajstić information content (AvgIpc) is 3.36. The van der Waals surface area contributed by atoms with Crippen molar-refractivity contribution in [2.24, 2.45) is 0 Å². The Morgan fingerprint density at radius 3 is 2.73 bits per heavy atom. The number of hydrogen-bond acceptors (Lipinski definition) is 6. The molecular formula is C21H21N5O3S. The van der Waals surface area contributed by atoms with Crippen LogP contribution in [0.5, 0.6) is 5.75 Å². The smallest absolute Gasteiger partial charge is 0.352 e. The Morgan fingerprint density at radius 1 is 1.23 bits per heavy atom. The first kappa shape index (κ1) is 19.8. The van der Waals surface area contributed by atoms with Crippen LogP contribution < -0.4 is 15.7 Å². The number of carbonyl (C=O) groups excluding carboxylic acids is 1. The molecule has 0 fully saturated rings. The van der Waals surface area contributed by atoms with Gasteiger partial charge >= 0.3 is 5.69 Å². The summed E-state index contributed by atoms with van der Waals surface area (Å²) in [5, 5.41) is 9.17. The van der Waals surface area contributed by atoms with Crippen LogP contribution in [-0.4, -0.2) is 38.7 Å². The average molecular weight is 423 g/mol. The fourth-order valence-corrected chi connectivity index (χ4v) is 3.89. The standard InChI is InChI=1S/C21H21N5O3S/c1-14-23-18(15-5-7-16(29-2)8-6-15)12-19-24-25(21(28)26(14)19)13-20(27)22-10-9-17-4-3-11-30-17/h3-8,11-12H,9-10,13H2,1-2H3,(H,22,27). The van der Waals surface area contributed by atoms with Gasteiger partial charge in [0.2, 0.25) is 5.91 Å². The Balaban J connectivity index is 1.53. The number of ether oxygens (including phenoxy) is 1. The number of rotatable bonds is 7. The highest BCUT2D eigenvalue weighted by atomic mass is 32.1. The van der Waals surface area contributed by atoms with Crippen LogP contribution >= 0.6 is 11.3 Å². The maximum Gasteiger partial charge on any atom is 0.352 e. The van der Waals surface area contributed by atoms with Crippen LogP contribution in [0, 0.1) is 6.92 Å². The van der Waals surface area contributed by atoms with Gasteiger partial charge in [-0.15, -0.1) is 16.4 Å². The molecule has 0 atom stereocenters. The monoisotopic (exact) mass is 423 g/mol. The Bertz CT molecular complexity index is 1230. The lowest BCUT2D eigenvalue weighted by Gasteiger charge is -2.05. The third-order valence-electron chi connectivity index (χ3n) is 4.69. The van der Waals surface area contributed by atoms with Crippen molar-refractivity contribution in [3.05, 3.63) is 69.0 Å². The second kappa shape index (κ2) is 8.50. The van der Waals surface area contributed by atoms with Crippen LogP contribution in [0.3, 0.4) is 0 Å². The van der Waals surface area contributed by atoms with Gasteiger partial charge in [0.25, 0.3) is 0 Å². The molecule has 0 spiro atoms. The molecule has 1 aromatic carbocycles. The number of methoxy groups -OCH3 is 1. The zero-order valence-corrected chi connectivity index (χ0v) is 17.5. The molecule has 4 aromatic rings. The lowest BCUT2D eigenvalue weighted by molar-refractivity contribution is -0.121. The highest BCUT2D eigenvalue weighted by molar-refractivity contribution is 7.09. The van der Waals surface area contributed by atoms with E-state index in [1.165, 1.54) is 14.0 Å². The summed E-state index contributed by atoms with van der Waals surface area (Å²) in [7, 11) is 1.61. The number of nitrogens with zero attached hydrogens (tertiary/aromatic N) is 4. The van der Waals surface area contributed by atoms with Crippen molar-refractivity contribution in [3.63, 3.8) is 0 Å². The molecule has 0 saturated carbocycles. The molecule has 0 bridgehead atoms. The summed E-state index contributed by atoms with van der Waals surface area (Å²) in [4.78, 5) is 30.7. The molecule has 1 amide bonds. The number of aromatic nitrogens is 4. The Hall–Kier alpha value is -3.46. The zero-order valence-electron chi connectivity index (χ0n) is 16.7. The van der Waals surface area contributed by atoms with E-state index in [0.717, 1.165) is 17.7 Å². The molecule has 154 valence electrons. The van der Waals surface area contributed by atoms with Crippen LogP contribution in [0.1, 0.15) is 10.7 Å². The predicted octanol–water partition coefficient (Wildman–Crippen LogP) is 2.30. The van der Waals surface area contributed by atoms with Gasteiger partial charge in [0, 0.05) is 23.1 Å². The minimum absolute atomic E-state index is 0.137. The van der Waals surface area contributed by atoms with E-state index in [0.29, 0.717) is 23.7 Å². The number of aryl methyl sites for hydroxylation is 1. The largest absolute Gasteiger partial charge is 0.497 e. The molecule has 0 aliphatic carbocycles. The van der Waals surface area contributed by atoms with Crippen molar-refractivity contribution < 1.29 is 9.53 Å². The van der Waals surface area contributed by atoms with Crippen LogP contribution in [0.25, 0.3) is 16.9 Å². The van der Waals surface area contributed by atoms with Gasteiger partial charge in [-0.3, -0.25) is 4.79 Å². The lowest BCUT2D eigenvalue weighted by Crippen LogP contribution is -2.34. The van der Waals surface area contributed by atoms with Crippen LogP contribution in [0.15, 0.2) is 52.6 Å². The number of thiophene rings is 1. The molecule has 0 aliphatic heterocycles. The van der Waals surface area contributed by atoms with Gasteiger partial charge in [0.05, 0.1) is 12.8 Å². The quantitative estimate of drug-likeness (QED) is 0.493. The third-order valence-corrected chi connectivity index (χ3v) is 5.63. The third kappa shape index (κ3) is 4.11. The van der Waals surface area contributed by atoms with Crippen LogP contribution in [0.2, 0.25) is 0 Å². The molecule has 4 rings (SSSR count). The van der Waals surface area contributed by atoms with Crippen molar-refractivity contribution in [1.29, 1.82) is 0 Å². The second-order valence-corrected chi connectivity index (χ2v) is 7.76. The summed E-state index contributed by atoms with van der Waals surface area (Å²) in [5.41, 5.74) is 1.64. The Labute approximate surface area is 176 Å². The van der Waals surface area contributed by atoms with Crippen molar-refractivity contribution in [3.8, 4) is 17.0 Å². The van der Waals surface area contributed by atoms with Crippen molar-refractivity contribution in [2.45, 2.75) is 19.9 Å². The van der Waals surface area contributed by atoms with E-state index in [2.05, 4.69) is 15.4 Å². The van der Waals surface area contributed by atoms with Gasteiger partial charge in [-0.2, -0.15) is 0 Å². The van der Waals surface area contributed by atoms with E-state index in [1.807, 2.05) is 41.8 Å². The van der Waals surface area contributed by atoms with Crippen LogP contribution in [-0.2, 0) is 17.8 Å². The highest BCUT2D eigenvalue weighted by Gasteiger charge is 2.14. The minimum atomic E-state index is -0.385. The molecule has 0 unspecified atom stereocenters. The van der Waals surface area contributed by atoms with Crippen molar-refractivity contribution in [1.82, 2.24) is 24.5 Å². The normalized spacial score (nSPS) is 11.0. The van der Waals surface area contributed by atoms with E-state index >= 15 is 0 Å². The number of fused-ring (bicyclic) bond motifs is 1. The van der Waals surface area contributed by atoms with Gasteiger partial charge < -0.3 is 10.1 Å². The molecule has 30 heavy (non-hydrogen) atoms. The van der Waals surface area contributed by atoms with Gasteiger partial charge in [0.1, 0.15) is 18.1 Å². The van der Waals surface area contributed by atoms with E-state index in [9.17, 15) is 9.59 Å². The lowest BCUT2D eigenvalue weighted by atomic mass is 10.1. The first-order chi connectivity index (χ1) is 14.5.